The molecule has 0 bridgehead atoms. The van der Waals surface area contributed by atoms with Crippen LogP contribution in [0.25, 0.3) is 0 Å². The van der Waals surface area contributed by atoms with E-state index in [4.69, 9.17) is 4.52 Å². The van der Waals surface area contributed by atoms with Crippen molar-refractivity contribution in [1.82, 2.24) is 15.0 Å². The van der Waals surface area contributed by atoms with E-state index >= 15 is 0 Å². The largest absolute Gasteiger partial charge is 0.379 e. The Morgan fingerprint density at radius 3 is 2.82 bits per heavy atom. The summed E-state index contributed by atoms with van der Waals surface area (Å²) in [7, 11) is 0. The van der Waals surface area contributed by atoms with Crippen molar-refractivity contribution < 1.29 is 9.63 Å². The molecule has 0 radical (unpaired) electrons. The van der Waals surface area contributed by atoms with Crippen LogP contribution in [0, 0.1) is 6.92 Å². The van der Waals surface area contributed by atoms with E-state index < -0.39 is 5.60 Å². The van der Waals surface area contributed by atoms with Crippen LogP contribution in [0.15, 0.2) is 28.8 Å². The van der Waals surface area contributed by atoms with Gasteiger partial charge in [0.2, 0.25) is 0 Å². The molecule has 1 aliphatic carbocycles. The predicted molar refractivity (Wildman–Crippen MR) is 81.2 cm³/mol. The molecule has 2 aromatic rings. The molecule has 5 heteroatoms. The molecule has 1 atom stereocenters. The van der Waals surface area contributed by atoms with Gasteiger partial charge in [-0.05, 0) is 31.7 Å². The Morgan fingerprint density at radius 2 is 2.09 bits per heavy atom. The molecule has 0 spiro atoms. The number of β-amino-alcohol motifs (C(OH)–C–C–N with tert-alkyl or cyclic N) is 1. The summed E-state index contributed by atoms with van der Waals surface area (Å²) in [6.45, 7) is 4.32. The summed E-state index contributed by atoms with van der Waals surface area (Å²) < 4.78 is 5.33. The van der Waals surface area contributed by atoms with Crippen molar-refractivity contribution in [2.45, 2.75) is 44.2 Å². The fourth-order valence-corrected chi connectivity index (χ4v) is 3.06. The fourth-order valence-electron chi connectivity index (χ4n) is 3.06. The third kappa shape index (κ3) is 2.66. The number of aliphatic hydroxyl groups is 1. The zero-order valence-corrected chi connectivity index (χ0v) is 12.8. The molecule has 5 nitrogen and oxygen atoms in total. The molecule has 1 unspecified atom stereocenters. The minimum Gasteiger partial charge on any atom is -0.379 e. The maximum Gasteiger partial charge on any atom is 0.260 e. The highest BCUT2D eigenvalue weighted by Crippen LogP contribution is 2.40. The second-order valence-corrected chi connectivity index (χ2v) is 6.71. The van der Waals surface area contributed by atoms with Crippen LogP contribution in [0.4, 0.5) is 0 Å². The van der Waals surface area contributed by atoms with Gasteiger partial charge in [-0.15, -0.1) is 0 Å². The van der Waals surface area contributed by atoms with Gasteiger partial charge in [0.1, 0.15) is 0 Å². The highest BCUT2D eigenvalue weighted by Gasteiger charge is 2.43. The number of aromatic nitrogens is 2. The number of nitrogens with zero attached hydrogens (tertiary/aromatic N) is 3. The summed E-state index contributed by atoms with van der Waals surface area (Å²) in [4.78, 5) is 6.67. The summed E-state index contributed by atoms with van der Waals surface area (Å²) in [5, 5.41) is 14.9. The van der Waals surface area contributed by atoms with Crippen LogP contribution in [-0.4, -0.2) is 33.2 Å². The lowest BCUT2D eigenvalue weighted by Gasteiger charge is -2.19. The smallest absolute Gasteiger partial charge is 0.260 e. The van der Waals surface area contributed by atoms with Crippen LogP contribution in [0.1, 0.15) is 48.0 Å². The van der Waals surface area contributed by atoms with E-state index in [1.165, 1.54) is 11.1 Å². The first-order chi connectivity index (χ1) is 10.6. The minimum atomic E-state index is -0.995. The monoisotopic (exact) mass is 299 g/mol. The first-order valence-electron chi connectivity index (χ1n) is 7.97. The average molecular weight is 299 g/mol. The standard InChI is InChI=1S/C17H21N3O2/c1-12-2-4-13(5-3-12)10-20-9-8-17(21,11-20)16-18-15(19-22-16)14-6-7-14/h2-5,14,21H,6-11H2,1H3. The lowest BCUT2D eigenvalue weighted by Crippen LogP contribution is -2.31. The fraction of sp³-hybridized carbons (Fsp3) is 0.529. The van der Waals surface area contributed by atoms with Crippen LogP contribution < -0.4 is 0 Å². The number of aryl methyl sites for hydroxylation is 1. The van der Waals surface area contributed by atoms with Crippen molar-refractivity contribution in [3.63, 3.8) is 0 Å². The molecule has 2 fully saturated rings. The second kappa shape index (κ2) is 5.18. The first-order valence-corrected chi connectivity index (χ1v) is 7.97. The van der Waals surface area contributed by atoms with E-state index in [0.29, 0.717) is 24.8 Å². The Kier molecular flexibility index (Phi) is 3.27. The number of likely N-dealkylation sites (tertiary alicyclic amines) is 1. The van der Waals surface area contributed by atoms with Gasteiger partial charge < -0.3 is 9.63 Å². The second-order valence-electron chi connectivity index (χ2n) is 6.71. The van der Waals surface area contributed by atoms with E-state index in [1.54, 1.807) is 0 Å². The molecule has 2 aliphatic rings. The quantitative estimate of drug-likeness (QED) is 0.939. The molecular weight excluding hydrogens is 278 g/mol. The maximum absolute atomic E-state index is 10.8. The van der Waals surface area contributed by atoms with Crippen LogP contribution in [0.3, 0.4) is 0 Å². The zero-order chi connectivity index (χ0) is 15.2. The number of rotatable bonds is 4. The molecule has 1 aliphatic heterocycles. The van der Waals surface area contributed by atoms with Crippen LogP contribution in [0.2, 0.25) is 0 Å². The van der Waals surface area contributed by atoms with Gasteiger partial charge in [-0.3, -0.25) is 4.90 Å². The van der Waals surface area contributed by atoms with Crippen LogP contribution in [-0.2, 0) is 12.1 Å². The molecule has 1 aromatic carbocycles. The van der Waals surface area contributed by atoms with Crippen molar-refractivity contribution in [2.24, 2.45) is 0 Å². The van der Waals surface area contributed by atoms with E-state index in [1.807, 2.05) is 0 Å². The topological polar surface area (TPSA) is 62.4 Å². The van der Waals surface area contributed by atoms with Crippen LogP contribution >= 0.6 is 0 Å². The van der Waals surface area contributed by atoms with Gasteiger partial charge in [-0.25, -0.2) is 0 Å². The van der Waals surface area contributed by atoms with Crippen molar-refractivity contribution in [3.05, 3.63) is 47.1 Å². The maximum atomic E-state index is 10.8. The summed E-state index contributed by atoms with van der Waals surface area (Å²) in [6, 6.07) is 8.53. The molecule has 1 saturated heterocycles. The van der Waals surface area contributed by atoms with E-state index in [0.717, 1.165) is 31.8 Å². The highest BCUT2D eigenvalue weighted by molar-refractivity contribution is 5.21. The number of hydrogen-bond donors (Lipinski definition) is 1. The Bertz CT molecular complexity index is 663. The minimum absolute atomic E-state index is 0.390. The molecule has 1 N–H and O–H groups in total. The Labute approximate surface area is 130 Å². The molecule has 1 saturated carbocycles. The van der Waals surface area contributed by atoms with Crippen molar-refractivity contribution in [3.8, 4) is 0 Å². The summed E-state index contributed by atoms with van der Waals surface area (Å²) in [5.41, 5.74) is 1.53. The van der Waals surface area contributed by atoms with Crippen molar-refractivity contribution in [2.75, 3.05) is 13.1 Å². The summed E-state index contributed by atoms with van der Waals surface area (Å²) in [6.07, 6.45) is 2.92. The SMILES string of the molecule is Cc1ccc(CN2CCC(O)(c3nc(C4CC4)no3)C2)cc1. The van der Waals surface area contributed by atoms with Gasteiger partial charge in [-0.1, -0.05) is 35.0 Å². The third-order valence-electron chi connectivity index (χ3n) is 4.64. The van der Waals surface area contributed by atoms with E-state index in [-0.39, 0.29) is 0 Å². The Morgan fingerprint density at radius 1 is 1.32 bits per heavy atom. The molecule has 4 rings (SSSR count). The highest BCUT2D eigenvalue weighted by atomic mass is 16.5. The van der Waals surface area contributed by atoms with Crippen molar-refractivity contribution in [1.29, 1.82) is 0 Å². The zero-order valence-electron chi connectivity index (χ0n) is 12.8. The van der Waals surface area contributed by atoms with Crippen molar-refractivity contribution >= 4 is 0 Å². The Balaban J connectivity index is 1.44. The molecule has 2 heterocycles. The van der Waals surface area contributed by atoms with Gasteiger partial charge in [0.25, 0.3) is 5.89 Å². The van der Waals surface area contributed by atoms with E-state index in [9.17, 15) is 5.11 Å². The normalized spacial score (nSPS) is 25.7. The molecule has 22 heavy (non-hydrogen) atoms. The van der Waals surface area contributed by atoms with Gasteiger partial charge in [0.15, 0.2) is 11.4 Å². The average Bonchev–Trinajstić information content (AvgIpc) is 3.10. The van der Waals surface area contributed by atoms with Crippen LogP contribution in [0.5, 0.6) is 0 Å². The van der Waals surface area contributed by atoms with Gasteiger partial charge in [-0.2, -0.15) is 4.98 Å². The number of hydrogen-bond acceptors (Lipinski definition) is 5. The molecular formula is C17H21N3O2. The molecule has 0 amide bonds. The lowest BCUT2D eigenvalue weighted by atomic mass is 10.0. The predicted octanol–water partition coefficient (Wildman–Crippen LogP) is 2.35. The summed E-state index contributed by atoms with van der Waals surface area (Å²) in [5.74, 6) is 1.60. The van der Waals surface area contributed by atoms with Gasteiger partial charge in [0, 0.05) is 25.6 Å². The molecule has 1 aromatic heterocycles. The first kappa shape index (κ1) is 13.9. The Hall–Kier alpha value is -1.72. The summed E-state index contributed by atoms with van der Waals surface area (Å²) >= 11 is 0. The molecule has 116 valence electrons. The van der Waals surface area contributed by atoms with Gasteiger partial charge >= 0.3 is 0 Å². The van der Waals surface area contributed by atoms with Gasteiger partial charge in [0.05, 0.1) is 0 Å². The van der Waals surface area contributed by atoms with E-state index in [2.05, 4.69) is 46.2 Å². The lowest BCUT2D eigenvalue weighted by molar-refractivity contribution is 0.0131. The third-order valence-corrected chi connectivity index (χ3v) is 4.64. The number of benzene rings is 1.